The van der Waals surface area contributed by atoms with Crippen LogP contribution in [0.3, 0.4) is 0 Å². The maximum atomic E-state index is 12.6. The fourth-order valence-corrected chi connectivity index (χ4v) is 2.85. The topological polar surface area (TPSA) is 72.7 Å². The molecule has 1 aliphatic rings. The normalized spacial score (nSPS) is 13.6. The van der Waals surface area contributed by atoms with E-state index in [1.165, 1.54) is 12.8 Å². The molecule has 1 saturated carbocycles. The number of hydrogen-bond acceptors (Lipinski definition) is 4. The molecule has 0 bridgehead atoms. The highest BCUT2D eigenvalue weighted by atomic mass is 35.5. The standard InChI is InChI=1S/C18H16ClN5O/c19-14-3-1-2-4-15(14)24-17(13-7-9-20-10-8-13)16(22-23-24)18(25)21-11-12-5-6-12/h1-4,7-10,12H,5-6,11H2,(H,21,25). The Hall–Kier alpha value is -2.73. The van der Waals surface area contributed by atoms with E-state index < -0.39 is 0 Å². The zero-order valence-corrected chi connectivity index (χ0v) is 14.1. The number of hydrogen-bond donors (Lipinski definition) is 1. The second kappa shape index (κ2) is 6.64. The summed E-state index contributed by atoms with van der Waals surface area (Å²) >= 11 is 6.32. The lowest BCUT2D eigenvalue weighted by molar-refractivity contribution is 0.0947. The van der Waals surface area contributed by atoms with Crippen LogP contribution in [0, 0.1) is 5.92 Å². The van der Waals surface area contributed by atoms with Crippen LogP contribution in [0.25, 0.3) is 16.9 Å². The second-order valence-electron chi connectivity index (χ2n) is 6.04. The van der Waals surface area contributed by atoms with E-state index in [4.69, 9.17) is 11.6 Å². The minimum atomic E-state index is -0.225. The molecule has 1 aliphatic carbocycles. The van der Waals surface area contributed by atoms with Gasteiger partial charge in [0, 0.05) is 24.5 Å². The molecule has 25 heavy (non-hydrogen) atoms. The van der Waals surface area contributed by atoms with Gasteiger partial charge in [-0.3, -0.25) is 9.78 Å². The number of rotatable bonds is 5. The molecule has 0 spiro atoms. The predicted octanol–water partition coefficient (Wildman–Crippen LogP) is 3.12. The molecule has 2 aromatic heterocycles. The molecule has 1 fully saturated rings. The lowest BCUT2D eigenvalue weighted by atomic mass is 10.1. The van der Waals surface area contributed by atoms with Crippen LogP contribution in [-0.4, -0.2) is 32.4 Å². The maximum Gasteiger partial charge on any atom is 0.274 e. The van der Waals surface area contributed by atoms with Crippen LogP contribution in [0.4, 0.5) is 0 Å². The molecule has 6 nitrogen and oxygen atoms in total. The maximum absolute atomic E-state index is 12.6. The summed E-state index contributed by atoms with van der Waals surface area (Å²) in [5.41, 5.74) is 2.36. The van der Waals surface area contributed by atoms with Crippen molar-refractivity contribution in [2.45, 2.75) is 12.8 Å². The number of pyridine rings is 1. The van der Waals surface area contributed by atoms with Crippen molar-refractivity contribution in [3.05, 3.63) is 59.5 Å². The Labute approximate surface area is 149 Å². The van der Waals surface area contributed by atoms with E-state index in [1.54, 1.807) is 23.1 Å². The molecule has 126 valence electrons. The molecule has 0 saturated heterocycles. The Morgan fingerprint density at radius 2 is 1.96 bits per heavy atom. The summed E-state index contributed by atoms with van der Waals surface area (Å²) in [6.45, 7) is 0.674. The summed E-state index contributed by atoms with van der Waals surface area (Å²) in [5, 5.41) is 11.8. The van der Waals surface area contributed by atoms with Crippen molar-refractivity contribution in [3.63, 3.8) is 0 Å². The SMILES string of the molecule is O=C(NCC1CC1)c1nnn(-c2ccccc2Cl)c1-c1ccncc1. The van der Waals surface area contributed by atoms with Crippen LogP contribution < -0.4 is 5.32 Å². The van der Waals surface area contributed by atoms with Gasteiger partial charge in [-0.05, 0) is 43.0 Å². The van der Waals surface area contributed by atoms with Crippen molar-refractivity contribution in [2.75, 3.05) is 6.54 Å². The summed E-state index contributed by atoms with van der Waals surface area (Å²) in [4.78, 5) is 16.7. The van der Waals surface area contributed by atoms with Crippen molar-refractivity contribution < 1.29 is 4.79 Å². The lowest BCUT2D eigenvalue weighted by Gasteiger charge is -2.09. The molecule has 0 radical (unpaired) electrons. The van der Waals surface area contributed by atoms with Gasteiger partial charge in [0.25, 0.3) is 5.91 Å². The molecule has 1 aromatic carbocycles. The van der Waals surface area contributed by atoms with Crippen molar-refractivity contribution in [1.82, 2.24) is 25.3 Å². The Bertz CT molecular complexity index is 905. The van der Waals surface area contributed by atoms with E-state index in [2.05, 4.69) is 20.6 Å². The van der Waals surface area contributed by atoms with Crippen molar-refractivity contribution in [2.24, 2.45) is 5.92 Å². The lowest BCUT2D eigenvalue weighted by Crippen LogP contribution is -2.26. The average molecular weight is 354 g/mol. The number of carbonyl (C=O) groups is 1. The quantitative estimate of drug-likeness (QED) is 0.764. The summed E-state index contributed by atoms with van der Waals surface area (Å²) in [7, 11) is 0. The van der Waals surface area contributed by atoms with Crippen molar-refractivity contribution in [1.29, 1.82) is 0 Å². The molecule has 7 heteroatoms. The molecular formula is C18H16ClN5O. The molecule has 4 rings (SSSR count). The zero-order chi connectivity index (χ0) is 17.2. The smallest absolute Gasteiger partial charge is 0.274 e. The van der Waals surface area contributed by atoms with Gasteiger partial charge in [0.15, 0.2) is 5.69 Å². The fourth-order valence-electron chi connectivity index (χ4n) is 2.64. The largest absolute Gasteiger partial charge is 0.350 e. The van der Waals surface area contributed by atoms with Gasteiger partial charge in [-0.25, -0.2) is 4.68 Å². The highest BCUT2D eigenvalue weighted by Crippen LogP contribution is 2.29. The third kappa shape index (κ3) is 3.25. The van der Waals surface area contributed by atoms with E-state index in [-0.39, 0.29) is 11.6 Å². The molecule has 3 aromatic rings. The highest BCUT2D eigenvalue weighted by molar-refractivity contribution is 6.32. The summed E-state index contributed by atoms with van der Waals surface area (Å²) in [6, 6.07) is 11.0. The first-order chi connectivity index (χ1) is 12.2. The van der Waals surface area contributed by atoms with Gasteiger partial charge in [-0.2, -0.15) is 0 Å². The van der Waals surface area contributed by atoms with Crippen LogP contribution in [0.15, 0.2) is 48.8 Å². The van der Waals surface area contributed by atoms with Gasteiger partial charge in [-0.1, -0.05) is 28.9 Å². The number of aromatic nitrogens is 4. The van der Waals surface area contributed by atoms with Gasteiger partial charge in [0.05, 0.1) is 10.7 Å². The first-order valence-electron chi connectivity index (χ1n) is 8.13. The number of nitrogens with zero attached hydrogens (tertiary/aromatic N) is 4. The van der Waals surface area contributed by atoms with Gasteiger partial charge in [0.2, 0.25) is 0 Å². The Kier molecular flexibility index (Phi) is 4.19. The summed E-state index contributed by atoms with van der Waals surface area (Å²) < 4.78 is 1.60. The van der Waals surface area contributed by atoms with Gasteiger partial charge < -0.3 is 5.32 Å². The van der Waals surface area contributed by atoms with E-state index in [1.807, 2.05) is 30.3 Å². The second-order valence-corrected chi connectivity index (χ2v) is 6.45. The summed E-state index contributed by atoms with van der Waals surface area (Å²) in [6.07, 6.45) is 5.68. The van der Waals surface area contributed by atoms with Crippen LogP contribution in [0.5, 0.6) is 0 Å². The van der Waals surface area contributed by atoms with Gasteiger partial charge in [-0.15, -0.1) is 5.10 Å². The third-order valence-electron chi connectivity index (χ3n) is 4.17. The zero-order valence-electron chi connectivity index (χ0n) is 13.4. The molecule has 0 unspecified atom stereocenters. The number of para-hydroxylation sites is 1. The molecule has 2 heterocycles. The monoisotopic (exact) mass is 353 g/mol. The first-order valence-corrected chi connectivity index (χ1v) is 8.51. The van der Waals surface area contributed by atoms with Gasteiger partial charge >= 0.3 is 0 Å². The Morgan fingerprint density at radius 3 is 2.68 bits per heavy atom. The molecule has 1 amide bonds. The van der Waals surface area contributed by atoms with Crippen LogP contribution >= 0.6 is 11.6 Å². The minimum absolute atomic E-state index is 0.225. The van der Waals surface area contributed by atoms with Crippen molar-refractivity contribution >= 4 is 17.5 Å². The number of nitrogens with one attached hydrogen (secondary N) is 1. The fraction of sp³-hybridized carbons (Fsp3) is 0.222. The van der Waals surface area contributed by atoms with E-state index >= 15 is 0 Å². The molecule has 0 aliphatic heterocycles. The number of carbonyl (C=O) groups excluding carboxylic acids is 1. The van der Waals surface area contributed by atoms with Crippen LogP contribution in [-0.2, 0) is 0 Å². The van der Waals surface area contributed by atoms with E-state index in [0.717, 1.165) is 5.56 Å². The first kappa shape index (κ1) is 15.8. The summed E-state index contributed by atoms with van der Waals surface area (Å²) in [5.74, 6) is 0.365. The molecule has 0 atom stereocenters. The number of benzene rings is 1. The average Bonchev–Trinajstić information content (AvgIpc) is 3.37. The number of amides is 1. The Balaban J connectivity index is 1.79. The van der Waals surface area contributed by atoms with Crippen LogP contribution in [0.2, 0.25) is 5.02 Å². The Morgan fingerprint density at radius 1 is 1.20 bits per heavy atom. The van der Waals surface area contributed by atoms with E-state index in [0.29, 0.717) is 28.9 Å². The van der Waals surface area contributed by atoms with Gasteiger partial charge in [0.1, 0.15) is 5.69 Å². The highest BCUT2D eigenvalue weighted by Gasteiger charge is 2.26. The van der Waals surface area contributed by atoms with Crippen molar-refractivity contribution in [3.8, 4) is 16.9 Å². The minimum Gasteiger partial charge on any atom is -0.350 e. The van der Waals surface area contributed by atoms with Crippen LogP contribution in [0.1, 0.15) is 23.3 Å². The third-order valence-corrected chi connectivity index (χ3v) is 4.49. The predicted molar refractivity (Wildman–Crippen MR) is 94.7 cm³/mol. The molecular weight excluding hydrogens is 338 g/mol. The molecule has 1 N–H and O–H groups in total. The number of halogens is 1. The van der Waals surface area contributed by atoms with E-state index in [9.17, 15) is 4.79 Å².